The molecule has 1 N–H and O–H groups in total. The number of nitrogens with zero attached hydrogens (tertiary/aromatic N) is 1. The van der Waals surface area contributed by atoms with Crippen LogP contribution in [0.4, 0.5) is 0 Å². The summed E-state index contributed by atoms with van der Waals surface area (Å²) in [5.41, 5.74) is 3.21. The molecule has 0 atom stereocenters. The number of carbonyl (C=O) groups excluding carboxylic acids is 1. The highest BCUT2D eigenvalue weighted by Gasteiger charge is 2.13. The molecule has 132 valence electrons. The summed E-state index contributed by atoms with van der Waals surface area (Å²) < 4.78 is 24.2. The zero-order chi connectivity index (χ0) is 18.1. The molecule has 25 heavy (non-hydrogen) atoms. The molecule has 0 fully saturated rings. The smallest absolute Gasteiger partial charge is 0.250 e. The third-order valence-electron chi connectivity index (χ3n) is 3.10. The highest BCUT2D eigenvalue weighted by molar-refractivity contribution is 8.01. The lowest BCUT2D eigenvalue weighted by atomic mass is 10.2. The van der Waals surface area contributed by atoms with Crippen LogP contribution in [-0.4, -0.2) is 37.8 Å². The molecule has 2 rings (SSSR count). The van der Waals surface area contributed by atoms with Crippen LogP contribution in [0.1, 0.15) is 5.56 Å². The molecule has 0 aromatic heterocycles. The third kappa shape index (κ3) is 6.89. The second-order valence-electron chi connectivity index (χ2n) is 5.03. The minimum Gasteiger partial charge on any atom is -0.272 e. The van der Waals surface area contributed by atoms with Crippen LogP contribution >= 0.6 is 23.4 Å². The Hall–Kier alpha value is -1.83. The predicted octanol–water partition coefficient (Wildman–Crippen LogP) is 3.00. The van der Waals surface area contributed by atoms with Gasteiger partial charge >= 0.3 is 0 Å². The number of benzene rings is 2. The van der Waals surface area contributed by atoms with E-state index in [-0.39, 0.29) is 17.4 Å². The van der Waals surface area contributed by atoms with Gasteiger partial charge in [0.05, 0.1) is 22.6 Å². The van der Waals surface area contributed by atoms with Gasteiger partial charge in [-0.05, 0) is 29.8 Å². The average Bonchev–Trinajstić information content (AvgIpc) is 2.61. The molecule has 0 saturated heterocycles. The van der Waals surface area contributed by atoms with E-state index >= 15 is 0 Å². The maximum atomic E-state index is 12.1. The molecule has 2 aromatic carbocycles. The van der Waals surface area contributed by atoms with E-state index in [1.54, 1.807) is 54.6 Å². The normalized spacial score (nSPS) is 11.6. The predicted molar refractivity (Wildman–Crippen MR) is 103 cm³/mol. The van der Waals surface area contributed by atoms with Gasteiger partial charge < -0.3 is 0 Å². The van der Waals surface area contributed by atoms with Crippen molar-refractivity contribution in [3.63, 3.8) is 0 Å². The maximum absolute atomic E-state index is 12.1. The number of halogens is 1. The maximum Gasteiger partial charge on any atom is 0.250 e. The second-order valence-corrected chi connectivity index (χ2v) is 8.68. The van der Waals surface area contributed by atoms with E-state index in [4.69, 9.17) is 11.6 Å². The van der Waals surface area contributed by atoms with E-state index in [1.165, 1.54) is 18.0 Å². The third-order valence-corrected chi connectivity index (χ3v) is 6.31. The Morgan fingerprint density at radius 2 is 1.80 bits per heavy atom. The van der Waals surface area contributed by atoms with Crippen molar-refractivity contribution in [2.45, 2.75) is 4.90 Å². The van der Waals surface area contributed by atoms with E-state index in [9.17, 15) is 13.2 Å². The summed E-state index contributed by atoms with van der Waals surface area (Å²) in [6.45, 7) is 0. The summed E-state index contributed by atoms with van der Waals surface area (Å²) in [6.07, 6.45) is 1.51. The summed E-state index contributed by atoms with van der Waals surface area (Å²) in [6, 6.07) is 15.3. The van der Waals surface area contributed by atoms with Crippen LogP contribution in [0.25, 0.3) is 0 Å². The van der Waals surface area contributed by atoms with Crippen LogP contribution in [0, 0.1) is 0 Å². The fraction of sp³-hybridized carbons (Fsp3) is 0.176. The zero-order valence-electron chi connectivity index (χ0n) is 13.3. The van der Waals surface area contributed by atoms with Gasteiger partial charge in [0.15, 0.2) is 9.84 Å². The zero-order valence-corrected chi connectivity index (χ0v) is 15.7. The Balaban J connectivity index is 1.69. The molecular weight excluding hydrogens is 380 g/mol. The first-order valence-electron chi connectivity index (χ1n) is 7.40. The van der Waals surface area contributed by atoms with E-state index in [1.807, 2.05) is 0 Å². The number of thioether (sulfide) groups is 1. The highest BCUT2D eigenvalue weighted by Crippen LogP contribution is 2.12. The van der Waals surface area contributed by atoms with E-state index < -0.39 is 9.84 Å². The summed E-state index contributed by atoms with van der Waals surface area (Å²) in [7, 11) is -3.31. The topological polar surface area (TPSA) is 75.6 Å². The van der Waals surface area contributed by atoms with Crippen LogP contribution in [0.3, 0.4) is 0 Å². The molecule has 0 saturated carbocycles. The molecule has 0 heterocycles. The lowest BCUT2D eigenvalue weighted by Crippen LogP contribution is -2.20. The molecule has 5 nitrogen and oxygen atoms in total. The first-order valence-corrected chi connectivity index (χ1v) is 10.6. The van der Waals surface area contributed by atoms with Gasteiger partial charge in [0.2, 0.25) is 5.91 Å². The van der Waals surface area contributed by atoms with Gasteiger partial charge in [-0.3, -0.25) is 4.79 Å². The molecule has 8 heteroatoms. The fourth-order valence-electron chi connectivity index (χ4n) is 1.84. The van der Waals surface area contributed by atoms with Crippen molar-refractivity contribution in [1.29, 1.82) is 0 Å². The van der Waals surface area contributed by atoms with Gasteiger partial charge in [-0.15, -0.1) is 0 Å². The molecule has 0 aliphatic heterocycles. The van der Waals surface area contributed by atoms with Crippen molar-refractivity contribution in [3.8, 4) is 0 Å². The lowest BCUT2D eigenvalue weighted by Gasteiger charge is -2.04. The van der Waals surface area contributed by atoms with Crippen LogP contribution in [0.15, 0.2) is 64.6 Å². The summed E-state index contributed by atoms with van der Waals surface area (Å²) in [5.74, 6) is 0.184. The van der Waals surface area contributed by atoms with E-state index in [0.29, 0.717) is 15.7 Å². The van der Waals surface area contributed by atoms with Gasteiger partial charge in [-0.1, -0.05) is 41.9 Å². The molecule has 0 aliphatic rings. The Morgan fingerprint density at radius 1 is 1.12 bits per heavy atom. The van der Waals surface area contributed by atoms with Crippen LogP contribution in [-0.2, 0) is 14.6 Å². The van der Waals surface area contributed by atoms with Crippen molar-refractivity contribution >= 4 is 45.3 Å². The number of hydrogen-bond donors (Lipinski definition) is 1. The lowest BCUT2D eigenvalue weighted by molar-refractivity contribution is -0.118. The minimum atomic E-state index is -3.31. The molecule has 0 bridgehead atoms. The van der Waals surface area contributed by atoms with Crippen LogP contribution in [0.5, 0.6) is 0 Å². The number of hydrogen-bond acceptors (Lipinski definition) is 5. The Bertz CT molecular complexity index is 823. The highest BCUT2D eigenvalue weighted by atomic mass is 35.5. The first kappa shape index (κ1) is 19.5. The molecule has 1 amide bonds. The first-order chi connectivity index (χ1) is 12.0. The summed E-state index contributed by atoms with van der Waals surface area (Å²) in [5, 5.41) is 4.47. The molecule has 2 aromatic rings. The van der Waals surface area contributed by atoms with Crippen molar-refractivity contribution < 1.29 is 13.2 Å². The quantitative estimate of drug-likeness (QED) is 0.423. The number of nitrogens with one attached hydrogen (secondary N) is 1. The molecule has 0 aliphatic carbocycles. The van der Waals surface area contributed by atoms with E-state index in [0.717, 1.165) is 5.56 Å². The Labute approximate surface area is 156 Å². The van der Waals surface area contributed by atoms with Crippen LogP contribution < -0.4 is 5.43 Å². The van der Waals surface area contributed by atoms with E-state index in [2.05, 4.69) is 10.5 Å². The van der Waals surface area contributed by atoms with Gasteiger partial charge in [-0.25, -0.2) is 13.8 Å². The summed E-state index contributed by atoms with van der Waals surface area (Å²) >= 11 is 7.03. The standard InChI is InChI=1S/C17H17ClN2O3S2/c18-15-8-6-14(7-9-15)12-19-20-17(21)13-24-10-11-25(22,23)16-4-2-1-3-5-16/h1-9,12H,10-11,13H2,(H,20,21)/b19-12+. The Kier molecular flexibility index (Phi) is 7.49. The molecular formula is C17H17ClN2O3S2. The van der Waals surface area contributed by atoms with Crippen molar-refractivity contribution in [2.24, 2.45) is 5.10 Å². The van der Waals surface area contributed by atoms with Crippen molar-refractivity contribution in [1.82, 2.24) is 5.43 Å². The van der Waals surface area contributed by atoms with Gasteiger partial charge in [0.1, 0.15) is 0 Å². The van der Waals surface area contributed by atoms with Gasteiger partial charge in [0.25, 0.3) is 0 Å². The minimum absolute atomic E-state index is 0.0109. The van der Waals surface area contributed by atoms with Gasteiger partial charge in [-0.2, -0.15) is 16.9 Å². The number of sulfone groups is 1. The van der Waals surface area contributed by atoms with Gasteiger partial charge in [0, 0.05) is 10.8 Å². The number of amides is 1. The number of hydrazone groups is 1. The number of carbonyl (C=O) groups is 1. The van der Waals surface area contributed by atoms with Crippen molar-refractivity contribution in [3.05, 3.63) is 65.2 Å². The van der Waals surface area contributed by atoms with Crippen molar-refractivity contribution in [2.75, 3.05) is 17.3 Å². The average molecular weight is 397 g/mol. The second kappa shape index (κ2) is 9.60. The Morgan fingerprint density at radius 3 is 2.48 bits per heavy atom. The molecule has 0 unspecified atom stereocenters. The largest absolute Gasteiger partial charge is 0.272 e. The SMILES string of the molecule is O=C(CSCCS(=O)(=O)c1ccccc1)N/N=C/c1ccc(Cl)cc1. The summed E-state index contributed by atoms with van der Waals surface area (Å²) in [4.78, 5) is 12.0. The number of rotatable bonds is 8. The molecule has 0 radical (unpaired) electrons. The molecule has 0 spiro atoms. The monoisotopic (exact) mass is 396 g/mol. The van der Waals surface area contributed by atoms with Crippen LogP contribution in [0.2, 0.25) is 5.02 Å². The fourth-order valence-corrected chi connectivity index (χ4v) is 4.52.